The number of esters is 1. The van der Waals surface area contributed by atoms with E-state index in [1.807, 2.05) is 13.8 Å². The Morgan fingerprint density at radius 1 is 0.700 bits per heavy atom. The first kappa shape index (κ1) is 46.5. The van der Waals surface area contributed by atoms with Gasteiger partial charge in [-0.1, -0.05) is 72.3 Å². The number of rotatable bonds is 13. The molecule has 0 bridgehead atoms. The van der Waals surface area contributed by atoms with Gasteiger partial charge in [-0.3, -0.25) is 19.2 Å². The second kappa shape index (κ2) is 27.3. The average molecular weight is 438 g/mol. The van der Waals surface area contributed by atoms with Crippen LogP contribution < -0.4 is 5.32 Å². The molecule has 0 aromatic rings. The third-order valence-corrected chi connectivity index (χ3v) is 3.83. The molecule has 0 spiro atoms. The highest BCUT2D eigenvalue weighted by Crippen LogP contribution is 2.11. The van der Waals surface area contributed by atoms with Gasteiger partial charge in [-0.05, 0) is 25.7 Å². The molecule has 0 aliphatic heterocycles. The van der Waals surface area contributed by atoms with Crippen LogP contribution in [0.15, 0.2) is 0 Å². The topological polar surface area (TPSA) is 89.5 Å². The number of ketones is 2. The van der Waals surface area contributed by atoms with Crippen LogP contribution in [0, 0.1) is 11.8 Å². The summed E-state index contributed by atoms with van der Waals surface area (Å²) >= 11 is 0. The van der Waals surface area contributed by atoms with Crippen LogP contribution in [0.1, 0.15) is 111 Å². The molecule has 0 aromatic heterocycles. The van der Waals surface area contributed by atoms with Crippen molar-refractivity contribution in [2.75, 3.05) is 13.2 Å². The van der Waals surface area contributed by atoms with Crippen LogP contribution in [0.25, 0.3) is 0 Å². The monoisotopic (exact) mass is 437 g/mol. The molecule has 0 saturated heterocycles. The summed E-state index contributed by atoms with van der Waals surface area (Å²) < 4.78 is 5.07. The second-order valence-electron chi connectivity index (χ2n) is 5.81. The number of hydrogen-bond acceptors (Lipinski definition) is 5. The van der Waals surface area contributed by atoms with E-state index >= 15 is 0 Å². The van der Waals surface area contributed by atoms with Crippen LogP contribution in [-0.4, -0.2) is 36.6 Å². The molecule has 30 heavy (non-hydrogen) atoms. The second-order valence-corrected chi connectivity index (χ2v) is 5.81. The SMILES string of the molecule is C.C.C.C.C.C.CCCC(=O)C(CC)C(=O)NCCOC(=O)C(CC)C(=O)CCC. The lowest BCUT2D eigenvalue weighted by Crippen LogP contribution is -2.37. The van der Waals surface area contributed by atoms with Gasteiger partial charge in [0, 0.05) is 12.8 Å². The van der Waals surface area contributed by atoms with Crippen LogP contribution in [0.4, 0.5) is 0 Å². The lowest BCUT2D eigenvalue weighted by Gasteiger charge is -2.15. The Morgan fingerprint density at radius 2 is 1.10 bits per heavy atom. The number of hydrogen-bond donors (Lipinski definition) is 1. The van der Waals surface area contributed by atoms with Crippen molar-refractivity contribution in [3.05, 3.63) is 0 Å². The molecule has 0 aromatic carbocycles. The van der Waals surface area contributed by atoms with Crippen LogP contribution in [0.2, 0.25) is 0 Å². The van der Waals surface area contributed by atoms with E-state index in [4.69, 9.17) is 4.74 Å². The van der Waals surface area contributed by atoms with E-state index < -0.39 is 17.8 Å². The van der Waals surface area contributed by atoms with Crippen molar-refractivity contribution < 1.29 is 23.9 Å². The minimum absolute atomic E-state index is 0. The summed E-state index contributed by atoms with van der Waals surface area (Å²) in [6, 6.07) is 0. The summed E-state index contributed by atoms with van der Waals surface area (Å²) in [5.41, 5.74) is 0. The molecule has 0 rings (SSSR count). The lowest BCUT2D eigenvalue weighted by atomic mass is 9.97. The molecule has 0 aliphatic carbocycles. The third-order valence-electron chi connectivity index (χ3n) is 3.83. The summed E-state index contributed by atoms with van der Waals surface area (Å²) in [4.78, 5) is 47.6. The van der Waals surface area contributed by atoms with Gasteiger partial charge in [0.15, 0.2) is 0 Å². The molecular weight excluding hydrogens is 382 g/mol. The zero-order valence-corrected chi connectivity index (χ0v) is 15.4. The smallest absolute Gasteiger partial charge is 0.316 e. The molecule has 6 heteroatoms. The Kier molecular flexibility index (Phi) is 42.3. The summed E-state index contributed by atoms with van der Waals surface area (Å²) in [6.07, 6.45) is 3.02. The highest BCUT2D eigenvalue weighted by Gasteiger charge is 2.26. The van der Waals surface area contributed by atoms with Crippen LogP contribution >= 0.6 is 0 Å². The Morgan fingerprint density at radius 3 is 1.47 bits per heavy atom. The molecule has 2 atom stereocenters. The van der Waals surface area contributed by atoms with Crippen LogP contribution in [0.5, 0.6) is 0 Å². The predicted octanol–water partition coefficient (Wildman–Crippen LogP) is 6.25. The highest BCUT2D eigenvalue weighted by atomic mass is 16.5. The number of ether oxygens (including phenoxy) is 1. The number of carbonyl (C=O) groups is 4. The van der Waals surface area contributed by atoms with Gasteiger partial charge in [-0.2, -0.15) is 0 Å². The summed E-state index contributed by atoms with van der Waals surface area (Å²) in [7, 11) is 0. The Hall–Kier alpha value is -1.72. The standard InChI is InChI=1S/C18H31NO5.6CH4/c1-5-9-15(20)13(7-3)17(22)19-11-12-24-18(23)14(8-4)16(21)10-6-2;;;;;;/h13-14H,5-12H2,1-4H3,(H,19,22);6*1H4. The van der Waals surface area contributed by atoms with Gasteiger partial charge in [0.1, 0.15) is 24.1 Å². The average Bonchev–Trinajstić information content (AvgIpc) is 2.53. The molecular formula is C24H55NO5. The molecule has 1 N–H and O–H groups in total. The van der Waals surface area contributed by atoms with E-state index in [1.165, 1.54) is 0 Å². The van der Waals surface area contributed by atoms with Crippen molar-refractivity contribution in [2.45, 2.75) is 111 Å². The lowest BCUT2D eigenvalue weighted by molar-refractivity contribution is -0.152. The summed E-state index contributed by atoms with van der Waals surface area (Å²) in [5.74, 6) is -2.42. The number of nitrogens with one attached hydrogen (secondary N) is 1. The van der Waals surface area contributed by atoms with Gasteiger partial charge in [0.2, 0.25) is 5.91 Å². The molecule has 1 amide bonds. The summed E-state index contributed by atoms with van der Waals surface area (Å²) in [5, 5.41) is 2.62. The van der Waals surface area contributed by atoms with Gasteiger partial charge in [-0.15, -0.1) is 0 Å². The Labute approximate surface area is 188 Å². The van der Waals surface area contributed by atoms with E-state index in [9.17, 15) is 19.2 Å². The van der Waals surface area contributed by atoms with Crippen LogP contribution in [-0.2, 0) is 23.9 Å². The van der Waals surface area contributed by atoms with Gasteiger partial charge >= 0.3 is 5.97 Å². The largest absolute Gasteiger partial charge is 0.463 e. The first-order valence-corrected chi connectivity index (χ1v) is 8.92. The third kappa shape index (κ3) is 17.2. The zero-order valence-electron chi connectivity index (χ0n) is 15.4. The van der Waals surface area contributed by atoms with E-state index in [1.54, 1.807) is 13.8 Å². The van der Waals surface area contributed by atoms with Crippen molar-refractivity contribution in [1.82, 2.24) is 5.32 Å². The quantitative estimate of drug-likeness (QED) is 0.209. The van der Waals surface area contributed by atoms with Gasteiger partial charge < -0.3 is 10.1 Å². The predicted molar refractivity (Wildman–Crippen MR) is 132 cm³/mol. The van der Waals surface area contributed by atoms with E-state index in [-0.39, 0.29) is 75.2 Å². The minimum atomic E-state index is -0.727. The zero-order chi connectivity index (χ0) is 18.5. The molecule has 0 saturated carbocycles. The normalized spacial score (nSPS) is 10.4. The van der Waals surface area contributed by atoms with Crippen molar-refractivity contribution in [3.63, 3.8) is 0 Å². The van der Waals surface area contributed by atoms with Crippen molar-refractivity contribution in [1.29, 1.82) is 0 Å². The van der Waals surface area contributed by atoms with Crippen molar-refractivity contribution in [3.8, 4) is 0 Å². The molecule has 2 unspecified atom stereocenters. The molecule has 186 valence electrons. The van der Waals surface area contributed by atoms with Crippen LogP contribution in [0.3, 0.4) is 0 Å². The molecule has 0 aliphatic rings. The van der Waals surface area contributed by atoms with Gasteiger partial charge in [0.05, 0.1) is 12.5 Å². The summed E-state index contributed by atoms with van der Waals surface area (Å²) in [6.45, 7) is 7.48. The van der Waals surface area contributed by atoms with E-state index in [0.29, 0.717) is 38.5 Å². The fraction of sp³-hybridized carbons (Fsp3) is 0.833. The van der Waals surface area contributed by atoms with Gasteiger partial charge in [0.25, 0.3) is 0 Å². The molecule has 0 radical (unpaired) electrons. The van der Waals surface area contributed by atoms with Crippen molar-refractivity contribution >= 4 is 23.4 Å². The van der Waals surface area contributed by atoms with E-state index in [2.05, 4.69) is 5.32 Å². The van der Waals surface area contributed by atoms with Gasteiger partial charge in [-0.25, -0.2) is 0 Å². The first-order valence-electron chi connectivity index (χ1n) is 8.92. The fourth-order valence-corrected chi connectivity index (χ4v) is 2.48. The fourth-order valence-electron chi connectivity index (χ4n) is 2.48. The molecule has 0 heterocycles. The maximum Gasteiger partial charge on any atom is 0.316 e. The Balaban J connectivity index is -0.000000176. The molecule has 0 fully saturated rings. The van der Waals surface area contributed by atoms with Crippen molar-refractivity contribution in [2.24, 2.45) is 11.8 Å². The minimum Gasteiger partial charge on any atom is -0.463 e. The maximum absolute atomic E-state index is 12.0. The Bertz CT molecular complexity index is 395. The van der Waals surface area contributed by atoms with E-state index in [0.717, 1.165) is 0 Å². The highest BCUT2D eigenvalue weighted by molar-refractivity contribution is 6.01. The maximum atomic E-state index is 12.0. The molecule has 6 nitrogen and oxygen atoms in total. The number of amides is 1. The number of Topliss-reactive ketones (excluding diaryl/α,β-unsaturated/α-hetero) is 2. The first-order chi connectivity index (χ1) is 11.4. The number of carbonyl (C=O) groups excluding carboxylic acids is 4.